The summed E-state index contributed by atoms with van der Waals surface area (Å²) in [5, 5.41) is 3.15. The third-order valence-electron chi connectivity index (χ3n) is 4.91. The van der Waals surface area contributed by atoms with Gasteiger partial charge in [-0.2, -0.15) is 0 Å². The molecule has 1 aliphatic rings. The highest BCUT2D eigenvalue weighted by Gasteiger charge is 2.20. The molecule has 2 aromatic rings. The summed E-state index contributed by atoms with van der Waals surface area (Å²) >= 11 is 0. The van der Waals surface area contributed by atoms with Crippen LogP contribution in [0.5, 0.6) is 11.5 Å². The van der Waals surface area contributed by atoms with Crippen molar-refractivity contribution in [3.05, 3.63) is 60.2 Å². The zero-order valence-electron chi connectivity index (χ0n) is 15.9. The van der Waals surface area contributed by atoms with Crippen LogP contribution in [0.15, 0.2) is 54.6 Å². The van der Waals surface area contributed by atoms with E-state index in [0.29, 0.717) is 6.61 Å². The number of hydrogen-bond donors (Lipinski definition) is 1. The predicted molar refractivity (Wildman–Crippen MR) is 106 cm³/mol. The molecule has 1 heterocycles. The largest absolute Gasteiger partial charge is 0.497 e. The first kappa shape index (κ1) is 19.2. The van der Waals surface area contributed by atoms with Gasteiger partial charge in [-0.15, -0.1) is 0 Å². The fraction of sp³-hybridized carbons (Fsp3) is 0.409. The van der Waals surface area contributed by atoms with Crippen molar-refractivity contribution >= 4 is 5.91 Å². The van der Waals surface area contributed by atoms with E-state index in [1.165, 1.54) is 0 Å². The Balaban J connectivity index is 1.30. The van der Waals surface area contributed by atoms with Crippen molar-refractivity contribution in [2.75, 3.05) is 33.4 Å². The van der Waals surface area contributed by atoms with Crippen LogP contribution in [0, 0.1) is 0 Å². The van der Waals surface area contributed by atoms with Crippen LogP contribution in [0.1, 0.15) is 29.6 Å². The first-order valence-corrected chi connectivity index (χ1v) is 9.60. The van der Waals surface area contributed by atoms with E-state index < -0.39 is 0 Å². The van der Waals surface area contributed by atoms with Crippen molar-refractivity contribution in [3.63, 3.8) is 0 Å². The molecule has 0 aliphatic carbocycles. The lowest BCUT2D eigenvalue weighted by Crippen LogP contribution is -2.45. The Labute approximate surface area is 161 Å². The van der Waals surface area contributed by atoms with E-state index in [-0.39, 0.29) is 11.9 Å². The molecule has 1 fully saturated rings. The van der Waals surface area contributed by atoms with E-state index in [0.717, 1.165) is 56.0 Å². The van der Waals surface area contributed by atoms with Crippen molar-refractivity contribution < 1.29 is 14.3 Å². The van der Waals surface area contributed by atoms with Gasteiger partial charge >= 0.3 is 0 Å². The minimum Gasteiger partial charge on any atom is -0.497 e. The molecule has 5 heteroatoms. The second-order valence-electron chi connectivity index (χ2n) is 6.83. The number of rotatable bonds is 8. The van der Waals surface area contributed by atoms with Crippen LogP contribution in [0.4, 0.5) is 0 Å². The van der Waals surface area contributed by atoms with Crippen molar-refractivity contribution in [1.29, 1.82) is 0 Å². The van der Waals surface area contributed by atoms with Crippen molar-refractivity contribution in [3.8, 4) is 11.5 Å². The number of benzene rings is 2. The molecule has 0 bridgehead atoms. The Kier molecular flexibility index (Phi) is 7.11. The number of carbonyl (C=O) groups is 1. The fourth-order valence-corrected chi connectivity index (χ4v) is 3.31. The number of likely N-dealkylation sites (tertiary alicyclic amines) is 1. The maximum absolute atomic E-state index is 12.2. The Bertz CT molecular complexity index is 695. The smallest absolute Gasteiger partial charge is 0.251 e. The lowest BCUT2D eigenvalue weighted by Gasteiger charge is -2.32. The van der Waals surface area contributed by atoms with Gasteiger partial charge in [-0.1, -0.05) is 18.2 Å². The molecule has 1 N–H and O–H groups in total. The van der Waals surface area contributed by atoms with Gasteiger partial charge in [0.2, 0.25) is 0 Å². The van der Waals surface area contributed by atoms with Crippen LogP contribution in [0.3, 0.4) is 0 Å². The van der Waals surface area contributed by atoms with Gasteiger partial charge in [-0.25, -0.2) is 0 Å². The summed E-state index contributed by atoms with van der Waals surface area (Å²) in [6.45, 7) is 3.76. The van der Waals surface area contributed by atoms with Gasteiger partial charge in [-0.3, -0.25) is 4.79 Å². The molecular formula is C22H28N2O3. The van der Waals surface area contributed by atoms with E-state index in [1.807, 2.05) is 54.6 Å². The fourth-order valence-electron chi connectivity index (χ4n) is 3.31. The zero-order valence-corrected chi connectivity index (χ0v) is 15.9. The van der Waals surface area contributed by atoms with E-state index in [9.17, 15) is 4.79 Å². The standard InChI is InChI=1S/C22H28N2O3/c1-26-20-8-10-21(11-9-20)27-17-5-14-24-15-12-19(13-16-24)23-22(25)18-6-3-2-4-7-18/h2-4,6-11,19H,5,12-17H2,1H3,(H,23,25). The Hall–Kier alpha value is -2.53. The van der Waals surface area contributed by atoms with Crippen molar-refractivity contribution in [2.24, 2.45) is 0 Å². The Morgan fingerprint density at radius 1 is 1.04 bits per heavy atom. The molecule has 0 radical (unpaired) electrons. The summed E-state index contributed by atoms with van der Waals surface area (Å²) in [5.41, 5.74) is 0.732. The predicted octanol–water partition coefficient (Wildman–Crippen LogP) is 3.36. The molecule has 0 saturated carbocycles. The highest BCUT2D eigenvalue weighted by atomic mass is 16.5. The molecule has 1 saturated heterocycles. The van der Waals surface area contributed by atoms with Crippen LogP contribution in [0.25, 0.3) is 0 Å². The van der Waals surface area contributed by atoms with Crippen molar-refractivity contribution in [2.45, 2.75) is 25.3 Å². The first-order valence-electron chi connectivity index (χ1n) is 9.60. The van der Waals surface area contributed by atoms with Crippen LogP contribution < -0.4 is 14.8 Å². The van der Waals surface area contributed by atoms with Crippen LogP contribution >= 0.6 is 0 Å². The summed E-state index contributed by atoms with van der Waals surface area (Å²) in [6.07, 6.45) is 2.99. The molecule has 1 aliphatic heterocycles. The maximum atomic E-state index is 12.2. The molecule has 2 aromatic carbocycles. The number of carbonyl (C=O) groups excluding carboxylic acids is 1. The highest BCUT2D eigenvalue weighted by molar-refractivity contribution is 5.94. The second-order valence-corrected chi connectivity index (χ2v) is 6.83. The Morgan fingerprint density at radius 3 is 2.37 bits per heavy atom. The minimum absolute atomic E-state index is 0.0296. The van der Waals surface area contributed by atoms with Gasteiger partial charge in [0.1, 0.15) is 11.5 Å². The number of nitrogens with zero attached hydrogens (tertiary/aromatic N) is 1. The number of hydrogen-bond acceptors (Lipinski definition) is 4. The first-order chi connectivity index (χ1) is 13.2. The molecular weight excluding hydrogens is 340 g/mol. The molecule has 0 atom stereocenters. The van der Waals surface area contributed by atoms with Gasteiger partial charge in [0.05, 0.1) is 13.7 Å². The van der Waals surface area contributed by atoms with Crippen LogP contribution in [-0.4, -0.2) is 50.2 Å². The number of nitrogens with one attached hydrogen (secondary N) is 1. The van der Waals surface area contributed by atoms with E-state index in [4.69, 9.17) is 9.47 Å². The summed E-state index contributed by atoms with van der Waals surface area (Å²) in [5.74, 6) is 1.74. The average molecular weight is 368 g/mol. The normalized spacial score (nSPS) is 15.3. The number of methoxy groups -OCH3 is 1. The number of amides is 1. The van der Waals surface area contributed by atoms with E-state index in [1.54, 1.807) is 7.11 Å². The topological polar surface area (TPSA) is 50.8 Å². The molecule has 1 amide bonds. The molecule has 27 heavy (non-hydrogen) atoms. The van der Waals surface area contributed by atoms with Crippen LogP contribution in [-0.2, 0) is 0 Å². The molecule has 0 unspecified atom stereocenters. The highest BCUT2D eigenvalue weighted by Crippen LogP contribution is 2.17. The Morgan fingerprint density at radius 2 is 1.70 bits per heavy atom. The minimum atomic E-state index is 0.0296. The molecule has 0 aromatic heterocycles. The summed E-state index contributed by atoms with van der Waals surface area (Å²) in [7, 11) is 1.66. The maximum Gasteiger partial charge on any atom is 0.251 e. The van der Waals surface area contributed by atoms with Crippen molar-refractivity contribution in [1.82, 2.24) is 10.2 Å². The SMILES string of the molecule is COc1ccc(OCCCN2CCC(NC(=O)c3ccccc3)CC2)cc1. The van der Waals surface area contributed by atoms with Gasteiger partial charge in [0.25, 0.3) is 5.91 Å². The van der Waals surface area contributed by atoms with E-state index >= 15 is 0 Å². The summed E-state index contributed by atoms with van der Waals surface area (Å²) < 4.78 is 10.9. The zero-order chi connectivity index (χ0) is 18.9. The molecule has 0 spiro atoms. The number of ether oxygens (including phenoxy) is 2. The van der Waals surface area contributed by atoms with Gasteiger partial charge in [0.15, 0.2) is 0 Å². The average Bonchev–Trinajstić information content (AvgIpc) is 2.73. The quantitative estimate of drug-likeness (QED) is 0.726. The summed E-state index contributed by atoms with van der Waals surface area (Å²) in [6, 6.07) is 17.4. The van der Waals surface area contributed by atoms with Crippen LogP contribution in [0.2, 0.25) is 0 Å². The van der Waals surface area contributed by atoms with Gasteiger partial charge < -0.3 is 19.7 Å². The molecule has 144 valence electrons. The number of piperidine rings is 1. The third kappa shape index (κ3) is 6.00. The second kappa shape index (κ2) is 9.97. The van der Waals surface area contributed by atoms with E-state index in [2.05, 4.69) is 10.2 Å². The third-order valence-corrected chi connectivity index (χ3v) is 4.91. The van der Waals surface area contributed by atoms with Gasteiger partial charge in [0, 0.05) is 31.2 Å². The molecule has 3 rings (SSSR count). The summed E-state index contributed by atoms with van der Waals surface area (Å²) in [4.78, 5) is 14.7. The monoisotopic (exact) mass is 368 g/mol. The lowest BCUT2D eigenvalue weighted by atomic mass is 10.0. The van der Waals surface area contributed by atoms with Gasteiger partial charge in [-0.05, 0) is 55.7 Å². The lowest BCUT2D eigenvalue weighted by molar-refractivity contribution is 0.0909. The molecule has 5 nitrogen and oxygen atoms in total.